The van der Waals surface area contributed by atoms with Crippen molar-refractivity contribution in [3.05, 3.63) is 83.8 Å². The third-order valence-electron chi connectivity index (χ3n) is 5.81. The Hall–Kier alpha value is -3.91. The van der Waals surface area contributed by atoms with Crippen LogP contribution in [0.5, 0.6) is 0 Å². The smallest absolute Gasteiger partial charge is 0.291 e. The lowest BCUT2D eigenvalue weighted by Gasteiger charge is -2.34. The first-order valence-corrected chi connectivity index (χ1v) is 11.4. The second-order valence-corrected chi connectivity index (χ2v) is 8.14. The van der Waals surface area contributed by atoms with Gasteiger partial charge in [0.1, 0.15) is 0 Å². The molecule has 0 spiro atoms. The van der Waals surface area contributed by atoms with E-state index in [9.17, 15) is 14.4 Å². The average molecular weight is 461 g/mol. The molecule has 2 heterocycles. The van der Waals surface area contributed by atoms with Crippen LogP contribution < -0.4 is 10.6 Å². The van der Waals surface area contributed by atoms with Crippen LogP contribution in [-0.2, 0) is 11.2 Å². The minimum Gasteiger partial charge on any atom is -0.459 e. The molecule has 1 aliphatic heterocycles. The van der Waals surface area contributed by atoms with E-state index in [0.29, 0.717) is 37.4 Å². The Morgan fingerprint density at radius 3 is 2.44 bits per heavy atom. The van der Waals surface area contributed by atoms with E-state index in [1.165, 1.54) is 6.26 Å². The summed E-state index contributed by atoms with van der Waals surface area (Å²) in [7, 11) is 0. The van der Waals surface area contributed by atoms with Crippen LogP contribution in [0, 0.1) is 0 Å². The first kappa shape index (κ1) is 23.3. The standard InChI is InChI=1S/C26H28N4O4/c1-2-19-7-3-4-10-22(19)28-24(31)18-29-12-14-30(15-13-29)26(33)20-8-5-9-21(17-20)27-25(32)23-11-6-16-34-23/h3-11,16-17H,2,12-15,18H2,1H3,(H,27,32)(H,28,31). The normalized spacial score (nSPS) is 14.0. The Morgan fingerprint density at radius 1 is 0.912 bits per heavy atom. The minimum atomic E-state index is -0.372. The molecule has 0 bridgehead atoms. The number of carbonyl (C=O) groups excluding carboxylic acids is 3. The molecule has 34 heavy (non-hydrogen) atoms. The molecule has 1 aliphatic rings. The van der Waals surface area contributed by atoms with E-state index in [1.54, 1.807) is 41.3 Å². The van der Waals surface area contributed by atoms with Gasteiger partial charge in [0, 0.05) is 43.1 Å². The number of piperazine rings is 1. The highest BCUT2D eigenvalue weighted by Gasteiger charge is 2.24. The Bertz CT molecular complexity index is 1150. The van der Waals surface area contributed by atoms with Crippen molar-refractivity contribution in [3.8, 4) is 0 Å². The number of para-hydroxylation sites is 1. The molecule has 0 aliphatic carbocycles. The summed E-state index contributed by atoms with van der Waals surface area (Å²) >= 11 is 0. The number of nitrogens with zero attached hydrogens (tertiary/aromatic N) is 2. The molecular formula is C26H28N4O4. The maximum Gasteiger partial charge on any atom is 0.291 e. The second kappa shape index (κ2) is 10.8. The molecule has 0 unspecified atom stereocenters. The van der Waals surface area contributed by atoms with Gasteiger partial charge in [-0.3, -0.25) is 19.3 Å². The highest BCUT2D eigenvalue weighted by Crippen LogP contribution is 2.17. The Labute approximate surface area is 198 Å². The summed E-state index contributed by atoms with van der Waals surface area (Å²) < 4.78 is 5.10. The maximum absolute atomic E-state index is 13.0. The van der Waals surface area contributed by atoms with Crippen molar-refractivity contribution in [1.29, 1.82) is 0 Å². The van der Waals surface area contributed by atoms with Crippen molar-refractivity contribution in [2.24, 2.45) is 0 Å². The fraction of sp³-hybridized carbons (Fsp3) is 0.269. The third kappa shape index (κ3) is 5.71. The van der Waals surface area contributed by atoms with Crippen LogP contribution in [-0.4, -0.2) is 60.2 Å². The third-order valence-corrected chi connectivity index (χ3v) is 5.81. The van der Waals surface area contributed by atoms with Gasteiger partial charge < -0.3 is 20.0 Å². The van der Waals surface area contributed by atoms with E-state index in [1.807, 2.05) is 29.2 Å². The number of hydrogen-bond acceptors (Lipinski definition) is 5. The molecule has 1 saturated heterocycles. The quantitative estimate of drug-likeness (QED) is 0.563. The maximum atomic E-state index is 13.0. The van der Waals surface area contributed by atoms with Crippen molar-refractivity contribution in [1.82, 2.24) is 9.80 Å². The summed E-state index contributed by atoms with van der Waals surface area (Å²) in [5.74, 6) is -0.325. The van der Waals surface area contributed by atoms with Crippen molar-refractivity contribution in [2.45, 2.75) is 13.3 Å². The lowest BCUT2D eigenvalue weighted by molar-refractivity contribution is -0.117. The van der Waals surface area contributed by atoms with Crippen molar-refractivity contribution < 1.29 is 18.8 Å². The fourth-order valence-corrected chi connectivity index (χ4v) is 3.97. The number of benzene rings is 2. The van der Waals surface area contributed by atoms with E-state index < -0.39 is 0 Å². The zero-order valence-electron chi connectivity index (χ0n) is 19.1. The van der Waals surface area contributed by atoms with Crippen LogP contribution in [0.1, 0.15) is 33.4 Å². The lowest BCUT2D eigenvalue weighted by Crippen LogP contribution is -2.50. The molecule has 0 atom stereocenters. The summed E-state index contributed by atoms with van der Waals surface area (Å²) in [6.45, 7) is 4.63. The van der Waals surface area contributed by atoms with Gasteiger partial charge in [-0.25, -0.2) is 0 Å². The van der Waals surface area contributed by atoms with E-state index >= 15 is 0 Å². The molecule has 2 N–H and O–H groups in total. The molecule has 8 nitrogen and oxygen atoms in total. The predicted octanol–water partition coefficient (Wildman–Crippen LogP) is 3.49. The van der Waals surface area contributed by atoms with Gasteiger partial charge in [-0.1, -0.05) is 31.2 Å². The molecular weight excluding hydrogens is 432 g/mol. The fourth-order valence-electron chi connectivity index (χ4n) is 3.97. The Morgan fingerprint density at radius 2 is 1.71 bits per heavy atom. The van der Waals surface area contributed by atoms with E-state index in [-0.39, 0.29) is 30.0 Å². The second-order valence-electron chi connectivity index (χ2n) is 8.14. The largest absolute Gasteiger partial charge is 0.459 e. The number of carbonyl (C=O) groups is 3. The van der Waals surface area contributed by atoms with E-state index in [0.717, 1.165) is 17.7 Å². The number of nitrogens with one attached hydrogen (secondary N) is 2. The summed E-state index contributed by atoms with van der Waals surface area (Å²) in [6, 6.07) is 17.9. The summed E-state index contributed by atoms with van der Waals surface area (Å²) in [5.41, 5.74) is 2.98. The number of hydrogen-bond donors (Lipinski definition) is 2. The molecule has 8 heteroatoms. The number of aryl methyl sites for hydroxylation is 1. The average Bonchev–Trinajstić information content (AvgIpc) is 3.40. The highest BCUT2D eigenvalue weighted by molar-refractivity contribution is 6.03. The van der Waals surface area contributed by atoms with Gasteiger partial charge in [-0.2, -0.15) is 0 Å². The van der Waals surface area contributed by atoms with Crippen LogP contribution in [0.25, 0.3) is 0 Å². The van der Waals surface area contributed by atoms with Crippen LogP contribution in [0.15, 0.2) is 71.3 Å². The van der Waals surface area contributed by atoms with E-state index in [4.69, 9.17) is 4.42 Å². The molecule has 0 radical (unpaired) electrons. The van der Waals surface area contributed by atoms with Crippen LogP contribution in [0.2, 0.25) is 0 Å². The first-order valence-electron chi connectivity index (χ1n) is 11.4. The molecule has 0 saturated carbocycles. The van der Waals surface area contributed by atoms with Gasteiger partial charge in [0.15, 0.2) is 5.76 Å². The van der Waals surface area contributed by atoms with Gasteiger partial charge >= 0.3 is 0 Å². The summed E-state index contributed by atoms with van der Waals surface area (Å²) in [5, 5.41) is 5.74. The monoisotopic (exact) mass is 460 g/mol. The minimum absolute atomic E-state index is 0.0549. The topological polar surface area (TPSA) is 94.9 Å². The van der Waals surface area contributed by atoms with Gasteiger partial charge in [0.2, 0.25) is 5.91 Å². The highest BCUT2D eigenvalue weighted by atomic mass is 16.3. The van der Waals surface area contributed by atoms with Crippen molar-refractivity contribution in [2.75, 3.05) is 43.4 Å². The van der Waals surface area contributed by atoms with E-state index in [2.05, 4.69) is 17.6 Å². The Balaban J connectivity index is 1.29. The van der Waals surface area contributed by atoms with Gasteiger partial charge in [-0.05, 0) is 48.4 Å². The van der Waals surface area contributed by atoms with Crippen LogP contribution in [0.3, 0.4) is 0 Å². The molecule has 176 valence electrons. The van der Waals surface area contributed by atoms with Crippen molar-refractivity contribution in [3.63, 3.8) is 0 Å². The number of amides is 3. The molecule has 2 aromatic carbocycles. The molecule has 4 rings (SSSR count). The summed E-state index contributed by atoms with van der Waals surface area (Å²) in [4.78, 5) is 41.5. The molecule has 3 aromatic rings. The predicted molar refractivity (Wildman–Crippen MR) is 130 cm³/mol. The van der Waals surface area contributed by atoms with Gasteiger partial charge in [0.25, 0.3) is 11.8 Å². The summed E-state index contributed by atoms with van der Waals surface area (Å²) in [6.07, 6.45) is 2.28. The number of rotatable bonds is 7. The lowest BCUT2D eigenvalue weighted by atomic mass is 10.1. The van der Waals surface area contributed by atoms with Gasteiger partial charge in [0.05, 0.1) is 12.8 Å². The SMILES string of the molecule is CCc1ccccc1NC(=O)CN1CCN(C(=O)c2cccc(NC(=O)c3ccco3)c2)CC1. The van der Waals surface area contributed by atoms with Crippen LogP contribution >= 0.6 is 0 Å². The molecule has 1 aromatic heterocycles. The van der Waals surface area contributed by atoms with Gasteiger partial charge in [-0.15, -0.1) is 0 Å². The number of furan rings is 1. The number of anilines is 2. The van der Waals surface area contributed by atoms with Crippen molar-refractivity contribution >= 4 is 29.1 Å². The zero-order chi connectivity index (χ0) is 23.9. The molecule has 3 amide bonds. The first-order chi connectivity index (χ1) is 16.5. The molecule has 1 fully saturated rings. The van der Waals surface area contributed by atoms with Crippen LogP contribution in [0.4, 0.5) is 11.4 Å². The zero-order valence-corrected chi connectivity index (χ0v) is 19.1. The Kier molecular flexibility index (Phi) is 7.39.